The van der Waals surface area contributed by atoms with E-state index in [1.807, 2.05) is 44.2 Å². The lowest BCUT2D eigenvalue weighted by Gasteiger charge is -2.16. The fourth-order valence-corrected chi connectivity index (χ4v) is 3.18. The van der Waals surface area contributed by atoms with E-state index in [4.69, 9.17) is 21.1 Å². The van der Waals surface area contributed by atoms with Gasteiger partial charge in [-0.05, 0) is 66.3 Å². The van der Waals surface area contributed by atoms with Gasteiger partial charge < -0.3 is 9.47 Å². The van der Waals surface area contributed by atoms with Crippen molar-refractivity contribution >= 4 is 45.8 Å². The molecule has 2 aromatic carbocycles. The summed E-state index contributed by atoms with van der Waals surface area (Å²) in [6.07, 6.45) is 1.84. The zero-order valence-electron chi connectivity index (χ0n) is 13.6. The van der Waals surface area contributed by atoms with Gasteiger partial charge in [-0.25, -0.2) is 0 Å². The van der Waals surface area contributed by atoms with Crippen molar-refractivity contribution in [1.29, 1.82) is 5.26 Å². The van der Waals surface area contributed by atoms with E-state index in [0.717, 1.165) is 9.13 Å². The second-order valence-electron chi connectivity index (χ2n) is 5.35. The largest absolute Gasteiger partial charge is 0.493 e. The molecule has 2 aromatic rings. The molecule has 2 rings (SSSR count). The molecule has 0 heterocycles. The Bertz CT molecular complexity index is 809. The SMILES string of the molecule is COc1cc(C=C(C#N)c2ccccc2Cl)cc(I)c1OC(C)C. The minimum atomic E-state index is 0.0478. The van der Waals surface area contributed by atoms with Gasteiger partial charge in [0.25, 0.3) is 0 Å². The summed E-state index contributed by atoms with van der Waals surface area (Å²) in [5, 5.41) is 10.0. The third kappa shape index (κ3) is 4.43. The Morgan fingerprint density at radius 2 is 2.00 bits per heavy atom. The van der Waals surface area contributed by atoms with Crippen LogP contribution in [0.2, 0.25) is 5.02 Å². The smallest absolute Gasteiger partial charge is 0.174 e. The first-order chi connectivity index (χ1) is 11.5. The lowest BCUT2D eigenvalue weighted by molar-refractivity contribution is 0.228. The van der Waals surface area contributed by atoms with E-state index in [-0.39, 0.29) is 6.10 Å². The number of ether oxygens (including phenoxy) is 2. The Kier molecular flexibility index (Phi) is 6.52. The molecule has 0 amide bonds. The van der Waals surface area contributed by atoms with Crippen molar-refractivity contribution in [1.82, 2.24) is 0 Å². The molecule has 0 aromatic heterocycles. The molecular weight excluding hydrogens is 437 g/mol. The summed E-state index contributed by atoms with van der Waals surface area (Å²) in [4.78, 5) is 0. The van der Waals surface area contributed by atoms with Gasteiger partial charge in [0.1, 0.15) is 0 Å². The summed E-state index contributed by atoms with van der Waals surface area (Å²) in [5.41, 5.74) is 2.05. The number of rotatable bonds is 5. The number of hydrogen-bond acceptors (Lipinski definition) is 3. The molecule has 124 valence electrons. The van der Waals surface area contributed by atoms with Crippen LogP contribution in [-0.4, -0.2) is 13.2 Å². The van der Waals surface area contributed by atoms with Crippen LogP contribution >= 0.6 is 34.2 Å². The van der Waals surface area contributed by atoms with E-state index >= 15 is 0 Å². The predicted octanol–water partition coefficient (Wildman–Crippen LogP) is 5.80. The number of benzene rings is 2. The Morgan fingerprint density at radius 3 is 2.58 bits per heavy atom. The summed E-state index contributed by atoms with van der Waals surface area (Å²) < 4.78 is 12.2. The van der Waals surface area contributed by atoms with Crippen LogP contribution < -0.4 is 9.47 Å². The lowest BCUT2D eigenvalue weighted by atomic mass is 10.0. The van der Waals surface area contributed by atoms with Crippen LogP contribution in [0.5, 0.6) is 11.5 Å². The highest BCUT2D eigenvalue weighted by atomic mass is 127. The first-order valence-corrected chi connectivity index (χ1v) is 8.82. The first kappa shape index (κ1) is 18.6. The maximum absolute atomic E-state index is 9.50. The minimum absolute atomic E-state index is 0.0478. The van der Waals surface area contributed by atoms with Crippen molar-refractivity contribution in [3.8, 4) is 17.6 Å². The van der Waals surface area contributed by atoms with Crippen molar-refractivity contribution in [2.45, 2.75) is 20.0 Å². The summed E-state index contributed by atoms with van der Waals surface area (Å²) in [5.74, 6) is 1.35. The molecule has 0 atom stereocenters. The molecule has 5 heteroatoms. The van der Waals surface area contributed by atoms with Crippen molar-refractivity contribution in [3.05, 3.63) is 56.1 Å². The van der Waals surface area contributed by atoms with E-state index < -0.39 is 0 Å². The number of halogens is 2. The number of nitrogens with zero attached hydrogens (tertiary/aromatic N) is 1. The summed E-state index contributed by atoms with van der Waals surface area (Å²) in [6, 6.07) is 13.3. The van der Waals surface area contributed by atoms with Crippen LogP contribution in [0, 0.1) is 14.9 Å². The van der Waals surface area contributed by atoms with Crippen LogP contribution in [0.1, 0.15) is 25.0 Å². The summed E-state index contributed by atoms with van der Waals surface area (Å²) >= 11 is 8.40. The molecule has 0 N–H and O–H groups in total. The highest BCUT2D eigenvalue weighted by Crippen LogP contribution is 2.36. The molecule has 0 aliphatic rings. The normalized spacial score (nSPS) is 11.3. The number of allylic oxidation sites excluding steroid dienone is 1. The average Bonchev–Trinajstić information content (AvgIpc) is 2.55. The Hall–Kier alpha value is -1.71. The minimum Gasteiger partial charge on any atom is -0.493 e. The van der Waals surface area contributed by atoms with E-state index in [1.54, 1.807) is 19.3 Å². The van der Waals surface area contributed by atoms with Crippen LogP contribution in [0.15, 0.2) is 36.4 Å². The van der Waals surface area contributed by atoms with Gasteiger partial charge in [0.05, 0.1) is 28.4 Å². The van der Waals surface area contributed by atoms with Gasteiger partial charge in [0.15, 0.2) is 11.5 Å². The number of methoxy groups -OCH3 is 1. The quantitative estimate of drug-likeness (QED) is 0.326. The van der Waals surface area contributed by atoms with Gasteiger partial charge in [0, 0.05) is 10.6 Å². The summed E-state index contributed by atoms with van der Waals surface area (Å²) in [7, 11) is 1.60. The predicted molar refractivity (Wildman–Crippen MR) is 106 cm³/mol. The average molecular weight is 454 g/mol. The Labute approximate surface area is 161 Å². The fraction of sp³-hybridized carbons (Fsp3) is 0.211. The van der Waals surface area contributed by atoms with Gasteiger partial charge in [-0.2, -0.15) is 5.26 Å². The molecule has 0 aliphatic heterocycles. The number of nitriles is 1. The second-order valence-corrected chi connectivity index (χ2v) is 6.92. The van der Waals surface area contributed by atoms with Gasteiger partial charge in [-0.3, -0.25) is 0 Å². The Balaban J connectivity index is 2.51. The van der Waals surface area contributed by atoms with Crippen molar-refractivity contribution < 1.29 is 9.47 Å². The van der Waals surface area contributed by atoms with E-state index in [1.165, 1.54) is 0 Å². The molecule has 24 heavy (non-hydrogen) atoms. The zero-order chi connectivity index (χ0) is 17.7. The van der Waals surface area contributed by atoms with Crippen molar-refractivity contribution in [2.75, 3.05) is 7.11 Å². The van der Waals surface area contributed by atoms with Gasteiger partial charge in [-0.1, -0.05) is 29.8 Å². The molecule has 0 radical (unpaired) electrons. The molecule has 0 saturated carbocycles. The number of hydrogen-bond donors (Lipinski definition) is 0. The maximum Gasteiger partial charge on any atom is 0.174 e. The molecule has 0 aliphatic carbocycles. The maximum atomic E-state index is 9.50. The lowest BCUT2D eigenvalue weighted by Crippen LogP contribution is -2.08. The monoisotopic (exact) mass is 453 g/mol. The van der Waals surface area contributed by atoms with Crippen LogP contribution in [0.25, 0.3) is 11.6 Å². The van der Waals surface area contributed by atoms with Gasteiger partial charge >= 0.3 is 0 Å². The fourth-order valence-electron chi connectivity index (χ4n) is 2.19. The molecule has 0 bridgehead atoms. The van der Waals surface area contributed by atoms with Gasteiger partial charge in [-0.15, -0.1) is 0 Å². The van der Waals surface area contributed by atoms with Crippen LogP contribution in [-0.2, 0) is 0 Å². The Morgan fingerprint density at radius 1 is 1.29 bits per heavy atom. The van der Waals surface area contributed by atoms with Gasteiger partial charge in [0.2, 0.25) is 0 Å². The van der Waals surface area contributed by atoms with E-state index in [0.29, 0.717) is 27.7 Å². The highest BCUT2D eigenvalue weighted by molar-refractivity contribution is 14.1. The summed E-state index contributed by atoms with van der Waals surface area (Å²) in [6.45, 7) is 3.93. The molecule has 0 fully saturated rings. The molecule has 0 spiro atoms. The first-order valence-electron chi connectivity index (χ1n) is 7.37. The topological polar surface area (TPSA) is 42.2 Å². The van der Waals surface area contributed by atoms with Crippen LogP contribution in [0.3, 0.4) is 0 Å². The van der Waals surface area contributed by atoms with Crippen molar-refractivity contribution in [2.24, 2.45) is 0 Å². The van der Waals surface area contributed by atoms with E-state index in [2.05, 4.69) is 28.7 Å². The molecule has 0 unspecified atom stereocenters. The molecular formula is C19H17ClINO2. The van der Waals surface area contributed by atoms with E-state index in [9.17, 15) is 5.26 Å². The molecule has 0 saturated heterocycles. The van der Waals surface area contributed by atoms with Crippen molar-refractivity contribution in [3.63, 3.8) is 0 Å². The third-order valence-corrected chi connectivity index (χ3v) is 4.33. The zero-order valence-corrected chi connectivity index (χ0v) is 16.6. The second kappa shape index (κ2) is 8.41. The third-order valence-electron chi connectivity index (χ3n) is 3.20. The van der Waals surface area contributed by atoms with Crippen LogP contribution in [0.4, 0.5) is 0 Å². The highest BCUT2D eigenvalue weighted by Gasteiger charge is 2.13. The molecule has 3 nitrogen and oxygen atoms in total. The standard InChI is InChI=1S/C19H17ClINO2/c1-12(2)24-19-17(21)9-13(10-18(19)23-3)8-14(11-22)15-6-4-5-7-16(15)20/h4-10,12H,1-3H3.